The van der Waals surface area contributed by atoms with Crippen LogP contribution in [0.3, 0.4) is 0 Å². The Morgan fingerprint density at radius 3 is 2.94 bits per heavy atom. The molecule has 0 aromatic carbocycles. The summed E-state index contributed by atoms with van der Waals surface area (Å²) < 4.78 is 0.775. The van der Waals surface area contributed by atoms with E-state index in [2.05, 4.69) is 22.2 Å². The fourth-order valence-electron chi connectivity index (χ4n) is 1.29. The minimum atomic E-state index is 0.775. The van der Waals surface area contributed by atoms with Crippen LogP contribution in [0.25, 0.3) is 10.6 Å². The van der Waals surface area contributed by atoms with Crippen LogP contribution < -0.4 is 5.32 Å². The monoisotopic (exact) mass is 253 g/mol. The summed E-state index contributed by atoms with van der Waals surface area (Å²) in [6.45, 7) is 3.04. The summed E-state index contributed by atoms with van der Waals surface area (Å²) in [5.74, 6) is 0.858. The Balaban J connectivity index is 2.22. The number of hydrogen-bond donors (Lipinski definition) is 1. The zero-order chi connectivity index (χ0) is 11.4. The Hall–Kier alpha value is -1.13. The van der Waals surface area contributed by atoms with Crippen LogP contribution in [0, 0.1) is 0 Å². The number of nitrogens with zero attached hydrogens (tertiary/aromatic N) is 2. The molecule has 0 saturated carbocycles. The molecule has 0 atom stereocenters. The second-order valence-electron chi connectivity index (χ2n) is 3.32. The molecular formula is C11H12ClN3S. The van der Waals surface area contributed by atoms with Crippen molar-refractivity contribution in [2.45, 2.75) is 13.3 Å². The average Bonchev–Trinajstić information content (AvgIpc) is 2.74. The predicted octanol–water partition coefficient (Wildman–Crippen LogP) is 3.68. The Morgan fingerprint density at radius 1 is 1.38 bits per heavy atom. The lowest BCUT2D eigenvalue weighted by Gasteiger charge is -2.04. The minimum absolute atomic E-state index is 0.775. The van der Waals surface area contributed by atoms with Gasteiger partial charge in [0, 0.05) is 12.6 Å². The fourth-order valence-corrected chi connectivity index (χ4v) is 2.30. The fraction of sp³-hybridized carbons (Fsp3) is 0.273. The van der Waals surface area contributed by atoms with Gasteiger partial charge < -0.3 is 5.32 Å². The number of hydrogen-bond acceptors (Lipinski definition) is 4. The molecule has 0 aliphatic rings. The van der Waals surface area contributed by atoms with E-state index < -0.39 is 0 Å². The molecule has 0 unspecified atom stereocenters. The molecule has 1 N–H and O–H groups in total. The molecule has 3 nitrogen and oxygen atoms in total. The first kappa shape index (κ1) is 11.4. The largest absolute Gasteiger partial charge is 0.370 e. The summed E-state index contributed by atoms with van der Waals surface area (Å²) in [5, 5.41) is 3.23. The molecule has 5 heteroatoms. The number of anilines is 1. The van der Waals surface area contributed by atoms with E-state index >= 15 is 0 Å². The molecule has 0 aliphatic heterocycles. The van der Waals surface area contributed by atoms with Crippen molar-refractivity contribution >= 4 is 28.8 Å². The van der Waals surface area contributed by atoms with Gasteiger partial charge >= 0.3 is 0 Å². The molecule has 0 radical (unpaired) electrons. The van der Waals surface area contributed by atoms with Crippen LogP contribution in [-0.2, 0) is 0 Å². The lowest BCUT2D eigenvalue weighted by molar-refractivity contribution is 0.965. The van der Waals surface area contributed by atoms with E-state index in [4.69, 9.17) is 11.6 Å². The van der Waals surface area contributed by atoms with Crippen molar-refractivity contribution in [3.05, 3.63) is 28.9 Å². The number of halogens is 1. The third-order valence-electron chi connectivity index (χ3n) is 2.05. The third kappa shape index (κ3) is 2.71. The summed E-state index contributed by atoms with van der Waals surface area (Å²) in [4.78, 5) is 9.45. The highest BCUT2D eigenvalue weighted by molar-refractivity contribution is 7.19. The van der Waals surface area contributed by atoms with Gasteiger partial charge in [0.15, 0.2) is 0 Å². The van der Waals surface area contributed by atoms with Gasteiger partial charge in [-0.1, -0.05) is 18.5 Å². The van der Waals surface area contributed by atoms with Gasteiger partial charge in [0.1, 0.15) is 12.1 Å². The Morgan fingerprint density at radius 2 is 2.25 bits per heavy atom. The minimum Gasteiger partial charge on any atom is -0.370 e. The highest BCUT2D eigenvalue weighted by Crippen LogP contribution is 2.30. The van der Waals surface area contributed by atoms with Crippen LogP contribution in [-0.4, -0.2) is 16.5 Å². The molecule has 0 amide bonds. The number of aromatic nitrogens is 2. The number of rotatable bonds is 4. The molecule has 16 heavy (non-hydrogen) atoms. The maximum Gasteiger partial charge on any atom is 0.129 e. The normalized spacial score (nSPS) is 10.4. The predicted molar refractivity (Wildman–Crippen MR) is 69.1 cm³/mol. The molecule has 2 heterocycles. The second kappa shape index (κ2) is 5.27. The van der Waals surface area contributed by atoms with Crippen LogP contribution >= 0.6 is 22.9 Å². The van der Waals surface area contributed by atoms with Crippen molar-refractivity contribution in [3.63, 3.8) is 0 Å². The number of nitrogens with one attached hydrogen (secondary N) is 1. The summed E-state index contributed by atoms with van der Waals surface area (Å²) >= 11 is 7.41. The van der Waals surface area contributed by atoms with Crippen molar-refractivity contribution in [1.29, 1.82) is 0 Å². The molecule has 0 spiro atoms. The highest BCUT2D eigenvalue weighted by atomic mass is 35.5. The number of thiophene rings is 1. The van der Waals surface area contributed by atoms with E-state index in [1.165, 1.54) is 11.3 Å². The smallest absolute Gasteiger partial charge is 0.129 e. The maximum atomic E-state index is 5.89. The molecule has 2 rings (SSSR count). The van der Waals surface area contributed by atoms with Crippen LogP contribution in [0.5, 0.6) is 0 Å². The first-order valence-electron chi connectivity index (χ1n) is 5.11. The van der Waals surface area contributed by atoms with Crippen LogP contribution in [0.1, 0.15) is 13.3 Å². The van der Waals surface area contributed by atoms with Crippen molar-refractivity contribution in [2.75, 3.05) is 11.9 Å². The van der Waals surface area contributed by atoms with E-state index in [1.807, 2.05) is 18.2 Å². The first-order chi connectivity index (χ1) is 7.79. The van der Waals surface area contributed by atoms with E-state index in [1.54, 1.807) is 6.33 Å². The zero-order valence-electron chi connectivity index (χ0n) is 8.90. The molecule has 84 valence electrons. The lowest BCUT2D eigenvalue weighted by atomic mass is 10.3. The Bertz CT molecular complexity index is 470. The van der Waals surface area contributed by atoms with Crippen molar-refractivity contribution < 1.29 is 0 Å². The van der Waals surface area contributed by atoms with Crippen molar-refractivity contribution in [2.24, 2.45) is 0 Å². The Kier molecular flexibility index (Phi) is 3.74. The quantitative estimate of drug-likeness (QED) is 0.903. The van der Waals surface area contributed by atoms with Crippen molar-refractivity contribution in [3.8, 4) is 10.6 Å². The van der Waals surface area contributed by atoms with Gasteiger partial charge in [0.25, 0.3) is 0 Å². The van der Waals surface area contributed by atoms with E-state index in [0.29, 0.717) is 0 Å². The van der Waals surface area contributed by atoms with Gasteiger partial charge in [-0.3, -0.25) is 0 Å². The SMILES string of the molecule is CCCNc1cc(-c2ccc(Cl)s2)ncn1. The van der Waals surface area contributed by atoms with Crippen LogP contribution in [0.4, 0.5) is 5.82 Å². The average molecular weight is 254 g/mol. The molecule has 0 bridgehead atoms. The molecule has 0 saturated heterocycles. The molecule has 2 aromatic rings. The van der Waals surface area contributed by atoms with E-state index in [9.17, 15) is 0 Å². The maximum absolute atomic E-state index is 5.89. The van der Waals surface area contributed by atoms with E-state index in [0.717, 1.165) is 33.7 Å². The van der Waals surface area contributed by atoms with Crippen molar-refractivity contribution in [1.82, 2.24) is 9.97 Å². The lowest BCUT2D eigenvalue weighted by Crippen LogP contribution is -2.02. The summed E-state index contributed by atoms with van der Waals surface area (Å²) in [7, 11) is 0. The van der Waals surface area contributed by atoms with Gasteiger partial charge in [-0.15, -0.1) is 11.3 Å². The summed E-state index contributed by atoms with van der Waals surface area (Å²) in [6, 6.07) is 5.79. The molecule has 0 fully saturated rings. The van der Waals surface area contributed by atoms with Gasteiger partial charge in [0.2, 0.25) is 0 Å². The van der Waals surface area contributed by atoms with Crippen LogP contribution in [0.2, 0.25) is 4.34 Å². The first-order valence-corrected chi connectivity index (χ1v) is 6.30. The van der Waals surface area contributed by atoms with Gasteiger partial charge in [-0.25, -0.2) is 9.97 Å². The summed E-state index contributed by atoms with van der Waals surface area (Å²) in [5.41, 5.74) is 0.908. The standard InChI is InChI=1S/C11H12ClN3S/c1-2-5-13-11-6-8(14-7-15-11)9-3-4-10(12)16-9/h3-4,6-7H,2,5H2,1H3,(H,13,14,15). The highest BCUT2D eigenvalue weighted by Gasteiger charge is 2.04. The topological polar surface area (TPSA) is 37.8 Å². The third-order valence-corrected chi connectivity index (χ3v) is 3.30. The summed E-state index contributed by atoms with van der Waals surface area (Å²) in [6.07, 6.45) is 2.64. The second-order valence-corrected chi connectivity index (χ2v) is 5.03. The van der Waals surface area contributed by atoms with Crippen LogP contribution in [0.15, 0.2) is 24.5 Å². The van der Waals surface area contributed by atoms with Gasteiger partial charge in [-0.05, 0) is 18.6 Å². The van der Waals surface area contributed by atoms with Gasteiger partial charge in [-0.2, -0.15) is 0 Å². The Labute approximate surface area is 104 Å². The molecule has 2 aromatic heterocycles. The molecular weight excluding hydrogens is 242 g/mol. The molecule has 0 aliphatic carbocycles. The zero-order valence-corrected chi connectivity index (χ0v) is 10.5. The van der Waals surface area contributed by atoms with E-state index in [-0.39, 0.29) is 0 Å². The van der Waals surface area contributed by atoms with Gasteiger partial charge in [0.05, 0.1) is 14.9 Å².